The molecule has 2 atom stereocenters. The van der Waals surface area contributed by atoms with Gasteiger partial charge in [0.2, 0.25) is 11.8 Å². The number of benzene rings is 1. The average Bonchev–Trinajstić information content (AvgIpc) is 3.38. The monoisotopic (exact) mass is 722 g/mol. The number of hydrogen-bond acceptors (Lipinski definition) is 9. The van der Waals surface area contributed by atoms with Gasteiger partial charge in [-0.3, -0.25) is 33.8 Å². The first-order chi connectivity index (χ1) is 23.3. The van der Waals surface area contributed by atoms with Crippen molar-refractivity contribution in [3.63, 3.8) is 0 Å². The number of carbonyl (C=O) groups is 7. The molecular weight excluding hydrogens is 672 g/mol. The number of rotatable bonds is 21. The number of unbranched alkanes of at least 4 members (excludes halogenated alkanes) is 2. The minimum absolute atomic E-state index is 0. The van der Waals surface area contributed by atoms with Crippen LogP contribution < -0.4 is 32.3 Å². The van der Waals surface area contributed by atoms with Gasteiger partial charge >= 0.3 is 12.1 Å². The minimum atomic E-state index is -1.13. The maximum atomic E-state index is 14.2. The number of nitrogens with zero attached hydrogens (tertiary/aromatic N) is 3. The number of anilines is 1. The van der Waals surface area contributed by atoms with E-state index in [-0.39, 0.29) is 75.0 Å². The van der Waals surface area contributed by atoms with E-state index in [0.717, 1.165) is 4.90 Å². The number of urea groups is 1. The molecule has 0 bridgehead atoms. The molecule has 0 aromatic heterocycles. The molecule has 0 radical (unpaired) electrons. The summed E-state index contributed by atoms with van der Waals surface area (Å²) in [5, 5.41) is 8.22. The quantitative estimate of drug-likeness (QED) is 0.0905. The number of carbonyl (C=O) groups excluding carboxylic acids is 7. The number of nitrogens with one attached hydrogen (secondary N) is 3. The molecule has 0 fully saturated rings. The summed E-state index contributed by atoms with van der Waals surface area (Å²) >= 11 is 0. The van der Waals surface area contributed by atoms with Crippen LogP contribution in [0.4, 0.5) is 15.3 Å². The number of imide groups is 1. The van der Waals surface area contributed by atoms with E-state index < -0.39 is 36.0 Å². The number of hydrogen-bond donors (Lipinski definition) is 5. The van der Waals surface area contributed by atoms with Gasteiger partial charge in [-0.05, 0) is 56.3 Å². The Bertz CT molecular complexity index is 1340. The molecule has 0 unspecified atom stereocenters. The van der Waals surface area contributed by atoms with Crippen LogP contribution in [0.3, 0.4) is 0 Å². The molecule has 278 valence electrons. The van der Waals surface area contributed by atoms with Crippen molar-refractivity contribution in [3.05, 3.63) is 42.0 Å². The van der Waals surface area contributed by atoms with Gasteiger partial charge in [0.15, 0.2) is 0 Å². The van der Waals surface area contributed by atoms with Crippen LogP contribution in [0.15, 0.2) is 36.4 Å². The topological polar surface area (TPSA) is 227 Å². The zero-order valence-electron chi connectivity index (χ0n) is 29.1. The molecule has 8 amide bonds. The van der Waals surface area contributed by atoms with Gasteiger partial charge in [-0.15, -0.1) is 12.4 Å². The van der Waals surface area contributed by atoms with Gasteiger partial charge in [0, 0.05) is 57.5 Å². The van der Waals surface area contributed by atoms with Crippen LogP contribution >= 0.6 is 12.4 Å². The second kappa shape index (κ2) is 22.1. The van der Waals surface area contributed by atoms with Gasteiger partial charge in [0.1, 0.15) is 18.7 Å². The predicted octanol–water partition coefficient (Wildman–Crippen LogP) is 1.16. The number of likely N-dealkylation sites (N-methyl/N-ethyl adjacent to an activating group) is 2. The van der Waals surface area contributed by atoms with Crippen molar-refractivity contribution >= 4 is 59.8 Å². The third-order valence-corrected chi connectivity index (χ3v) is 7.85. The van der Waals surface area contributed by atoms with Crippen molar-refractivity contribution in [2.75, 3.05) is 45.2 Å². The molecule has 17 heteroatoms. The lowest BCUT2D eigenvalue weighted by molar-refractivity contribution is -0.137. The Morgan fingerprint density at radius 2 is 1.56 bits per heavy atom. The summed E-state index contributed by atoms with van der Waals surface area (Å²) in [6.45, 7) is 4.97. The lowest BCUT2D eigenvalue weighted by Gasteiger charge is -2.34. The Hall–Kier alpha value is -4.70. The van der Waals surface area contributed by atoms with E-state index in [0.29, 0.717) is 43.6 Å². The third kappa shape index (κ3) is 14.0. The van der Waals surface area contributed by atoms with Crippen molar-refractivity contribution in [1.82, 2.24) is 25.8 Å². The molecule has 2 rings (SSSR count). The molecule has 0 aliphatic carbocycles. The van der Waals surface area contributed by atoms with Crippen LogP contribution in [0.5, 0.6) is 0 Å². The van der Waals surface area contributed by atoms with Gasteiger partial charge in [-0.2, -0.15) is 0 Å². The molecule has 1 heterocycles. The van der Waals surface area contributed by atoms with E-state index in [1.165, 1.54) is 22.0 Å². The molecule has 1 aromatic rings. The van der Waals surface area contributed by atoms with Gasteiger partial charge in [-0.1, -0.05) is 32.4 Å². The van der Waals surface area contributed by atoms with Gasteiger partial charge in [-0.25, -0.2) is 9.59 Å². The van der Waals surface area contributed by atoms with Gasteiger partial charge < -0.3 is 37.1 Å². The lowest BCUT2D eigenvalue weighted by Crippen LogP contribution is -2.57. The highest BCUT2D eigenvalue weighted by atomic mass is 35.5. The van der Waals surface area contributed by atoms with Crippen LogP contribution in [0.2, 0.25) is 0 Å². The summed E-state index contributed by atoms with van der Waals surface area (Å²) < 4.78 is 5.38. The summed E-state index contributed by atoms with van der Waals surface area (Å²) in [4.78, 5) is 90.8. The van der Waals surface area contributed by atoms with E-state index in [9.17, 15) is 33.6 Å². The highest BCUT2D eigenvalue weighted by Crippen LogP contribution is 2.24. The fraction of sp³-hybridized carbons (Fsp3) is 0.545. The lowest BCUT2D eigenvalue weighted by atomic mass is 9.99. The van der Waals surface area contributed by atoms with E-state index in [1.54, 1.807) is 52.2 Å². The van der Waals surface area contributed by atoms with E-state index >= 15 is 0 Å². The van der Waals surface area contributed by atoms with Crippen LogP contribution in [-0.2, 0) is 35.3 Å². The van der Waals surface area contributed by atoms with Crippen LogP contribution in [-0.4, -0.2) is 104 Å². The summed E-state index contributed by atoms with van der Waals surface area (Å²) in [6, 6.07) is 3.65. The van der Waals surface area contributed by atoms with Crippen LogP contribution in [0, 0.1) is 5.92 Å². The standard InChI is InChI=1S/C33H50N8O8.ClH/c1-22(2)29(38-26(42)10-6-5-7-19-40-27(43)15-16-28(40)44)31(46)41(25(30(34)45)9-8-17-37-32(35)47)24-13-11-23(12-14-24)21-49-33(48)39(4)20-18-36-3;/h11-16,22,25,29,36H,5-10,17-21H2,1-4H3,(H2,34,45)(H,38,42)(H3,35,37,47);1H/t25-,29-;/m0./s1. The summed E-state index contributed by atoms with van der Waals surface area (Å²) in [6.07, 6.45) is 3.99. The molecular formula is C33H51ClN8O8. The highest BCUT2D eigenvalue weighted by molar-refractivity contribution is 6.12. The normalized spacial score (nSPS) is 13.3. The molecule has 7 N–H and O–H groups in total. The first-order valence-corrected chi connectivity index (χ1v) is 16.4. The number of halogens is 1. The van der Waals surface area contributed by atoms with Crippen LogP contribution in [0.25, 0.3) is 0 Å². The molecule has 0 saturated carbocycles. The third-order valence-electron chi connectivity index (χ3n) is 7.85. The van der Waals surface area contributed by atoms with Crippen molar-refractivity contribution in [2.45, 2.75) is 71.1 Å². The number of ether oxygens (including phenoxy) is 1. The summed E-state index contributed by atoms with van der Waals surface area (Å²) in [5.41, 5.74) is 11.9. The Morgan fingerprint density at radius 3 is 2.12 bits per heavy atom. The molecule has 1 aromatic carbocycles. The number of nitrogens with two attached hydrogens (primary N) is 2. The Labute approximate surface area is 299 Å². The fourth-order valence-corrected chi connectivity index (χ4v) is 5.04. The van der Waals surface area contributed by atoms with Crippen LogP contribution in [0.1, 0.15) is 57.9 Å². The van der Waals surface area contributed by atoms with Crippen molar-refractivity contribution in [1.29, 1.82) is 0 Å². The van der Waals surface area contributed by atoms with E-state index in [1.807, 2.05) is 0 Å². The first-order valence-electron chi connectivity index (χ1n) is 16.4. The van der Waals surface area contributed by atoms with Gasteiger partial charge in [0.05, 0.1) is 0 Å². The maximum Gasteiger partial charge on any atom is 0.409 e. The molecule has 1 aliphatic heterocycles. The number of amides is 8. The molecule has 1 aliphatic rings. The SMILES string of the molecule is CNCCN(C)C(=O)OCc1ccc(N(C(=O)[C@@H](NC(=O)CCCCCN2C(=O)C=CC2=O)C(C)C)[C@@H](CCCNC(N)=O)C(N)=O)cc1.Cl. The fourth-order valence-electron chi connectivity index (χ4n) is 5.04. The second-order valence-electron chi connectivity index (χ2n) is 12.1. The Kier molecular flexibility index (Phi) is 19.2. The molecule has 0 spiro atoms. The first kappa shape index (κ1) is 43.3. The molecule has 50 heavy (non-hydrogen) atoms. The van der Waals surface area contributed by atoms with Crippen molar-refractivity contribution < 1.29 is 38.3 Å². The Morgan fingerprint density at radius 1 is 0.920 bits per heavy atom. The van der Waals surface area contributed by atoms with E-state index in [2.05, 4.69) is 16.0 Å². The van der Waals surface area contributed by atoms with E-state index in [4.69, 9.17) is 16.2 Å². The smallest absolute Gasteiger partial charge is 0.409 e. The Balaban J connectivity index is 0.0000125. The summed E-state index contributed by atoms with van der Waals surface area (Å²) in [5.74, 6) is -2.80. The summed E-state index contributed by atoms with van der Waals surface area (Å²) in [7, 11) is 3.40. The molecule has 0 saturated heterocycles. The second-order valence-corrected chi connectivity index (χ2v) is 12.1. The minimum Gasteiger partial charge on any atom is -0.445 e. The van der Waals surface area contributed by atoms with Gasteiger partial charge in [0.25, 0.3) is 17.7 Å². The maximum absolute atomic E-state index is 14.2. The van der Waals surface area contributed by atoms with Crippen molar-refractivity contribution in [3.8, 4) is 0 Å². The zero-order chi connectivity index (χ0) is 36.5. The largest absolute Gasteiger partial charge is 0.445 e. The predicted molar refractivity (Wildman–Crippen MR) is 189 cm³/mol. The van der Waals surface area contributed by atoms with Crippen molar-refractivity contribution in [2.24, 2.45) is 17.4 Å². The molecule has 16 nitrogen and oxygen atoms in total. The zero-order valence-corrected chi connectivity index (χ0v) is 30.0. The average molecular weight is 723 g/mol. The number of primary amides is 2. The highest BCUT2D eigenvalue weighted by Gasteiger charge is 2.36.